The summed E-state index contributed by atoms with van der Waals surface area (Å²) in [4.78, 5) is 2.37. The molecule has 78 valence electrons. The highest BCUT2D eigenvalue weighted by Crippen LogP contribution is 2.08. The van der Waals surface area contributed by atoms with E-state index < -0.39 is 0 Å². The molecule has 0 spiro atoms. The van der Waals surface area contributed by atoms with E-state index in [4.69, 9.17) is 5.73 Å². The van der Waals surface area contributed by atoms with E-state index in [1.807, 2.05) is 0 Å². The second-order valence-corrected chi connectivity index (χ2v) is 4.56. The Balaban J connectivity index is 2.27. The zero-order chi connectivity index (χ0) is 9.84. The van der Waals surface area contributed by atoms with Crippen LogP contribution in [-0.2, 0) is 0 Å². The number of nitrogens with zero attached hydrogens (tertiary/aromatic N) is 1. The van der Waals surface area contributed by atoms with Crippen LogP contribution in [0, 0.1) is 5.92 Å². The van der Waals surface area contributed by atoms with Gasteiger partial charge in [0.2, 0.25) is 0 Å². The first-order valence-corrected chi connectivity index (χ1v) is 5.27. The van der Waals surface area contributed by atoms with Crippen molar-refractivity contribution >= 4 is 0 Å². The van der Waals surface area contributed by atoms with Crippen molar-refractivity contribution in [2.75, 3.05) is 26.7 Å². The first kappa shape index (κ1) is 11.0. The molecule has 2 atom stereocenters. The number of nitrogens with two attached hydrogens (primary N) is 1. The standard InChI is InChI=1S/C10H23N3/c1-8(2)10(11)6-9-7-13(3)5-4-12-9/h8-10,12H,4-7,11H2,1-3H3. The summed E-state index contributed by atoms with van der Waals surface area (Å²) in [6.45, 7) is 7.79. The Morgan fingerprint density at radius 3 is 2.77 bits per heavy atom. The first-order valence-electron chi connectivity index (χ1n) is 5.27. The normalized spacial score (nSPS) is 27.9. The summed E-state index contributed by atoms with van der Waals surface area (Å²) in [5.41, 5.74) is 6.03. The van der Waals surface area contributed by atoms with Gasteiger partial charge in [0.1, 0.15) is 0 Å². The number of rotatable bonds is 3. The van der Waals surface area contributed by atoms with Crippen molar-refractivity contribution in [1.82, 2.24) is 10.2 Å². The van der Waals surface area contributed by atoms with E-state index in [1.54, 1.807) is 0 Å². The van der Waals surface area contributed by atoms with Gasteiger partial charge in [0, 0.05) is 31.7 Å². The van der Waals surface area contributed by atoms with Gasteiger partial charge in [0.25, 0.3) is 0 Å². The molecule has 1 heterocycles. The summed E-state index contributed by atoms with van der Waals surface area (Å²) < 4.78 is 0. The minimum absolute atomic E-state index is 0.337. The van der Waals surface area contributed by atoms with Crippen molar-refractivity contribution in [3.05, 3.63) is 0 Å². The largest absolute Gasteiger partial charge is 0.327 e. The topological polar surface area (TPSA) is 41.3 Å². The molecule has 1 aliphatic rings. The van der Waals surface area contributed by atoms with Crippen LogP contribution in [0.4, 0.5) is 0 Å². The molecule has 13 heavy (non-hydrogen) atoms. The van der Waals surface area contributed by atoms with Crippen molar-refractivity contribution in [1.29, 1.82) is 0 Å². The van der Waals surface area contributed by atoms with E-state index in [0.29, 0.717) is 18.0 Å². The predicted octanol–water partition coefficient (Wildman–Crippen LogP) is 0.263. The SMILES string of the molecule is CC(C)C(N)CC1CN(C)CCN1. The summed E-state index contributed by atoms with van der Waals surface area (Å²) >= 11 is 0. The fourth-order valence-electron chi connectivity index (χ4n) is 1.75. The quantitative estimate of drug-likeness (QED) is 0.663. The minimum Gasteiger partial charge on any atom is -0.327 e. The van der Waals surface area contributed by atoms with Crippen LogP contribution in [0.25, 0.3) is 0 Å². The third kappa shape index (κ3) is 3.63. The molecule has 2 unspecified atom stereocenters. The van der Waals surface area contributed by atoms with E-state index in [9.17, 15) is 0 Å². The van der Waals surface area contributed by atoms with Gasteiger partial charge in [0.15, 0.2) is 0 Å². The van der Waals surface area contributed by atoms with Crippen molar-refractivity contribution in [3.63, 3.8) is 0 Å². The zero-order valence-corrected chi connectivity index (χ0v) is 9.09. The van der Waals surface area contributed by atoms with Crippen LogP contribution in [0.1, 0.15) is 20.3 Å². The molecule has 3 heteroatoms. The third-order valence-electron chi connectivity index (χ3n) is 2.87. The fourth-order valence-corrected chi connectivity index (χ4v) is 1.75. The lowest BCUT2D eigenvalue weighted by Crippen LogP contribution is -2.51. The van der Waals surface area contributed by atoms with E-state index >= 15 is 0 Å². The maximum Gasteiger partial charge on any atom is 0.0210 e. The molecule has 0 aromatic rings. The maximum absolute atomic E-state index is 6.03. The number of likely N-dealkylation sites (N-methyl/N-ethyl adjacent to an activating group) is 1. The van der Waals surface area contributed by atoms with E-state index in [0.717, 1.165) is 26.1 Å². The van der Waals surface area contributed by atoms with Gasteiger partial charge < -0.3 is 16.0 Å². The van der Waals surface area contributed by atoms with Crippen molar-refractivity contribution < 1.29 is 0 Å². The highest BCUT2D eigenvalue weighted by atomic mass is 15.2. The monoisotopic (exact) mass is 185 g/mol. The van der Waals surface area contributed by atoms with Gasteiger partial charge in [-0.3, -0.25) is 0 Å². The second-order valence-electron chi connectivity index (χ2n) is 4.56. The summed E-state index contributed by atoms with van der Waals surface area (Å²) in [5.74, 6) is 0.592. The molecule has 0 aromatic carbocycles. The smallest absolute Gasteiger partial charge is 0.0210 e. The van der Waals surface area contributed by atoms with Gasteiger partial charge in [-0.15, -0.1) is 0 Å². The average molecular weight is 185 g/mol. The molecular formula is C10H23N3. The van der Waals surface area contributed by atoms with Gasteiger partial charge in [0.05, 0.1) is 0 Å². The van der Waals surface area contributed by atoms with Gasteiger partial charge in [-0.1, -0.05) is 13.8 Å². The van der Waals surface area contributed by atoms with Gasteiger partial charge in [-0.25, -0.2) is 0 Å². The summed E-state index contributed by atoms with van der Waals surface area (Å²) in [6, 6.07) is 0.931. The Labute approximate surface area is 81.7 Å². The molecule has 3 nitrogen and oxygen atoms in total. The molecule has 1 fully saturated rings. The lowest BCUT2D eigenvalue weighted by atomic mass is 9.97. The molecule has 1 aliphatic heterocycles. The Morgan fingerprint density at radius 2 is 2.23 bits per heavy atom. The van der Waals surface area contributed by atoms with Crippen LogP contribution in [0.15, 0.2) is 0 Å². The third-order valence-corrected chi connectivity index (χ3v) is 2.87. The number of hydrogen-bond acceptors (Lipinski definition) is 3. The van der Waals surface area contributed by atoms with Crippen molar-refractivity contribution in [3.8, 4) is 0 Å². The average Bonchev–Trinajstić information content (AvgIpc) is 2.04. The lowest BCUT2D eigenvalue weighted by Gasteiger charge is -2.33. The van der Waals surface area contributed by atoms with Crippen molar-refractivity contribution in [2.24, 2.45) is 11.7 Å². The number of piperazine rings is 1. The maximum atomic E-state index is 6.03. The van der Waals surface area contributed by atoms with Crippen LogP contribution in [0.2, 0.25) is 0 Å². The molecule has 0 amide bonds. The van der Waals surface area contributed by atoms with Crippen LogP contribution >= 0.6 is 0 Å². The van der Waals surface area contributed by atoms with Crippen molar-refractivity contribution in [2.45, 2.75) is 32.4 Å². The van der Waals surface area contributed by atoms with Crippen LogP contribution in [0.3, 0.4) is 0 Å². The molecule has 1 rings (SSSR count). The molecule has 0 saturated carbocycles. The molecular weight excluding hydrogens is 162 g/mol. The Kier molecular flexibility index (Phi) is 4.16. The Morgan fingerprint density at radius 1 is 1.54 bits per heavy atom. The van der Waals surface area contributed by atoms with Crippen LogP contribution in [-0.4, -0.2) is 43.7 Å². The number of nitrogens with one attached hydrogen (secondary N) is 1. The van der Waals surface area contributed by atoms with E-state index in [1.165, 1.54) is 0 Å². The van der Waals surface area contributed by atoms with Gasteiger partial charge >= 0.3 is 0 Å². The van der Waals surface area contributed by atoms with E-state index in [-0.39, 0.29) is 0 Å². The van der Waals surface area contributed by atoms with Crippen LogP contribution < -0.4 is 11.1 Å². The fraction of sp³-hybridized carbons (Fsp3) is 1.00. The van der Waals surface area contributed by atoms with Gasteiger partial charge in [-0.2, -0.15) is 0 Å². The zero-order valence-electron chi connectivity index (χ0n) is 9.09. The molecule has 3 N–H and O–H groups in total. The van der Waals surface area contributed by atoms with E-state index in [2.05, 4.69) is 31.1 Å². The summed E-state index contributed by atoms with van der Waals surface area (Å²) in [7, 11) is 2.18. The molecule has 1 saturated heterocycles. The summed E-state index contributed by atoms with van der Waals surface area (Å²) in [5, 5.41) is 3.51. The highest BCUT2D eigenvalue weighted by Gasteiger charge is 2.20. The van der Waals surface area contributed by atoms with Gasteiger partial charge in [-0.05, 0) is 19.4 Å². The molecule has 0 radical (unpaired) electrons. The minimum atomic E-state index is 0.337. The van der Waals surface area contributed by atoms with Crippen LogP contribution in [0.5, 0.6) is 0 Å². The lowest BCUT2D eigenvalue weighted by molar-refractivity contribution is 0.219. The Bertz CT molecular complexity index is 147. The second kappa shape index (κ2) is 4.94. The number of hydrogen-bond donors (Lipinski definition) is 2. The molecule has 0 aliphatic carbocycles. The highest BCUT2D eigenvalue weighted by molar-refractivity contribution is 4.81. The molecule has 0 bridgehead atoms. The summed E-state index contributed by atoms with van der Waals surface area (Å²) in [6.07, 6.45) is 1.10. The molecule has 0 aromatic heterocycles. The predicted molar refractivity (Wildman–Crippen MR) is 56.7 cm³/mol. The Hall–Kier alpha value is -0.120. The first-order chi connectivity index (χ1) is 6.09.